The lowest BCUT2D eigenvalue weighted by Gasteiger charge is -2.39. The molecule has 2 aliphatic rings. The Kier molecular flexibility index (Phi) is 14.3. The van der Waals surface area contributed by atoms with Crippen molar-refractivity contribution < 1.29 is 41.9 Å². The van der Waals surface area contributed by atoms with Crippen LogP contribution in [0.15, 0.2) is 12.7 Å². The Labute approximate surface area is 276 Å². The van der Waals surface area contributed by atoms with Crippen molar-refractivity contribution in [3.05, 3.63) is 12.7 Å². The molecule has 2 fully saturated rings. The van der Waals surface area contributed by atoms with Gasteiger partial charge in [0.25, 0.3) is 5.91 Å². The third-order valence-corrected chi connectivity index (χ3v) is 9.48. The number of hydrogen-bond donors (Lipinski definition) is 4. The predicted molar refractivity (Wildman–Crippen MR) is 171 cm³/mol. The predicted octanol–water partition coefficient (Wildman–Crippen LogP) is 3.87. The van der Waals surface area contributed by atoms with E-state index in [1.807, 2.05) is 41.5 Å². The lowest BCUT2D eigenvalue weighted by Crippen LogP contribution is -2.62. The van der Waals surface area contributed by atoms with Gasteiger partial charge in [0.15, 0.2) is 0 Å². The zero-order chi connectivity index (χ0) is 35.7. The fourth-order valence-corrected chi connectivity index (χ4v) is 6.52. The largest absolute Gasteiger partial charge is 0.389 e. The summed E-state index contributed by atoms with van der Waals surface area (Å²) in [5.74, 6) is -4.16. The van der Waals surface area contributed by atoms with Gasteiger partial charge in [-0.3, -0.25) is 19.2 Å². The first-order valence-corrected chi connectivity index (χ1v) is 16.4. The molecule has 1 saturated carbocycles. The van der Waals surface area contributed by atoms with Crippen molar-refractivity contribution >= 4 is 29.5 Å². The van der Waals surface area contributed by atoms with E-state index in [-0.39, 0.29) is 43.0 Å². The zero-order valence-corrected chi connectivity index (χ0v) is 28.9. The summed E-state index contributed by atoms with van der Waals surface area (Å²) in [6.45, 7) is 15.3. The van der Waals surface area contributed by atoms with Crippen LogP contribution in [0, 0.1) is 22.7 Å². The van der Waals surface area contributed by atoms with Crippen molar-refractivity contribution in [1.82, 2.24) is 26.2 Å². The fraction of sp³-hybridized carbons (Fsp3) is 0.788. The van der Waals surface area contributed by atoms with Crippen molar-refractivity contribution in [3.63, 3.8) is 0 Å². The van der Waals surface area contributed by atoms with Crippen LogP contribution in [0.2, 0.25) is 0 Å². The number of alkyl halides is 3. The van der Waals surface area contributed by atoms with Crippen LogP contribution in [0.3, 0.4) is 0 Å². The number of amides is 5. The molecule has 0 aromatic carbocycles. The van der Waals surface area contributed by atoms with Crippen LogP contribution in [0.4, 0.5) is 18.0 Å². The first kappa shape index (κ1) is 40.0. The smallest absolute Gasteiger partial charge is 0.383 e. The minimum absolute atomic E-state index is 0.0897. The number of rotatable bonds is 15. The molecule has 0 spiro atoms. The van der Waals surface area contributed by atoms with E-state index in [9.17, 15) is 37.1 Å². The average molecular weight is 674 g/mol. The summed E-state index contributed by atoms with van der Waals surface area (Å²) in [7, 11) is 1.53. The van der Waals surface area contributed by atoms with Crippen LogP contribution < -0.4 is 21.3 Å². The molecule has 1 saturated heterocycles. The van der Waals surface area contributed by atoms with Crippen molar-refractivity contribution in [2.45, 2.75) is 117 Å². The van der Waals surface area contributed by atoms with Gasteiger partial charge >= 0.3 is 12.2 Å². The Morgan fingerprint density at radius 1 is 1.04 bits per heavy atom. The van der Waals surface area contributed by atoms with Crippen LogP contribution >= 0.6 is 0 Å². The molecule has 1 heterocycles. The number of nitrogens with one attached hydrogen (secondary N) is 4. The monoisotopic (exact) mass is 673 g/mol. The Morgan fingerprint density at radius 2 is 1.66 bits per heavy atom. The normalized spacial score (nSPS) is 21.5. The molecule has 1 unspecified atom stereocenters. The van der Waals surface area contributed by atoms with Gasteiger partial charge in [-0.15, -0.1) is 6.58 Å². The number of carbonyl (C=O) groups excluding carboxylic acids is 5. The Balaban J connectivity index is 2.42. The van der Waals surface area contributed by atoms with Gasteiger partial charge < -0.3 is 30.9 Å². The van der Waals surface area contributed by atoms with Gasteiger partial charge in [-0.05, 0) is 48.3 Å². The quantitative estimate of drug-likeness (QED) is 0.154. The molecule has 1 aliphatic heterocycles. The Morgan fingerprint density at radius 3 is 2.17 bits per heavy atom. The highest BCUT2D eigenvalue weighted by Crippen LogP contribution is 2.42. The molecule has 1 aliphatic carbocycles. The standard InChI is InChI=1S/C33H54F3N5O6/c1-9-17-37-28(44)25(42)22(12-16-33(34,35)36)38-27(43)24-21(20(2)3)13-18-41(24)29(45)26(32(7)14-10-11-15-32)40-30(46)39-23(19-47-8)31(4,5)6/h9,20-24,26H,1,10-19H2,2-8H3,(H,37,44)(H,38,43)(H2,39,40,46)/t21-,22?,23-,24+,26-/m1/s1. The molecule has 0 bridgehead atoms. The second-order valence-electron chi connectivity index (χ2n) is 14.5. The molecule has 14 heteroatoms. The van der Waals surface area contributed by atoms with Crippen LogP contribution in [0.1, 0.15) is 86.5 Å². The van der Waals surface area contributed by atoms with E-state index in [1.54, 1.807) is 0 Å². The molecular formula is C33H54F3N5O6. The maximum Gasteiger partial charge on any atom is 0.389 e. The van der Waals surface area contributed by atoms with Gasteiger partial charge in [-0.1, -0.05) is 60.5 Å². The number of halogens is 3. The topological polar surface area (TPSA) is 146 Å². The average Bonchev–Trinajstić information content (AvgIpc) is 3.62. The first-order chi connectivity index (χ1) is 21.8. The Hall–Kier alpha value is -3.16. The molecule has 5 amide bonds. The molecule has 0 aromatic rings. The maximum absolute atomic E-state index is 14.5. The lowest BCUT2D eigenvalue weighted by molar-refractivity contribution is -0.148. The van der Waals surface area contributed by atoms with E-state index in [0.717, 1.165) is 12.8 Å². The highest BCUT2D eigenvalue weighted by Gasteiger charge is 2.50. The number of nitrogens with zero attached hydrogens (tertiary/aromatic N) is 1. The van der Waals surface area contributed by atoms with E-state index in [1.165, 1.54) is 18.1 Å². The number of Topliss-reactive ketones (excluding diaryl/α,β-unsaturated/α-hetero) is 1. The zero-order valence-electron chi connectivity index (χ0n) is 28.9. The number of methoxy groups -OCH3 is 1. The molecule has 11 nitrogen and oxygen atoms in total. The molecule has 2 rings (SSSR count). The van der Waals surface area contributed by atoms with Gasteiger partial charge in [0.1, 0.15) is 12.1 Å². The second kappa shape index (κ2) is 16.8. The molecule has 0 radical (unpaired) electrons. The Bertz CT molecular complexity index is 1130. The van der Waals surface area contributed by atoms with E-state index >= 15 is 0 Å². The maximum atomic E-state index is 14.5. The summed E-state index contributed by atoms with van der Waals surface area (Å²) >= 11 is 0. The third kappa shape index (κ3) is 11.2. The van der Waals surface area contributed by atoms with Crippen molar-refractivity contribution in [2.75, 3.05) is 26.8 Å². The van der Waals surface area contributed by atoms with E-state index in [2.05, 4.69) is 27.8 Å². The minimum atomic E-state index is -4.64. The summed E-state index contributed by atoms with van der Waals surface area (Å²) < 4.78 is 44.9. The van der Waals surface area contributed by atoms with Gasteiger partial charge in [0, 0.05) is 26.6 Å². The second-order valence-corrected chi connectivity index (χ2v) is 14.5. The molecular weight excluding hydrogens is 619 g/mol. The van der Waals surface area contributed by atoms with Crippen molar-refractivity contribution in [3.8, 4) is 0 Å². The van der Waals surface area contributed by atoms with Crippen LogP contribution in [0.25, 0.3) is 0 Å². The highest BCUT2D eigenvalue weighted by molar-refractivity contribution is 6.38. The van der Waals surface area contributed by atoms with Crippen molar-refractivity contribution in [2.24, 2.45) is 22.7 Å². The lowest BCUT2D eigenvalue weighted by atomic mass is 9.79. The number of carbonyl (C=O) groups is 5. The van der Waals surface area contributed by atoms with Gasteiger partial charge in [0.05, 0.1) is 18.7 Å². The number of ether oxygens (including phenoxy) is 1. The molecule has 5 atom stereocenters. The van der Waals surface area contributed by atoms with Gasteiger partial charge in [0.2, 0.25) is 17.6 Å². The summed E-state index contributed by atoms with van der Waals surface area (Å²) in [5, 5.41) is 10.5. The number of ketones is 1. The van der Waals surface area contributed by atoms with Crippen molar-refractivity contribution in [1.29, 1.82) is 0 Å². The molecule has 268 valence electrons. The minimum Gasteiger partial charge on any atom is -0.383 e. The van der Waals surface area contributed by atoms with E-state index in [4.69, 9.17) is 4.74 Å². The molecule has 0 aromatic heterocycles. The van der Waals surface area contributed by atoms with Gasteiger partial charge in [-0.2, -0.15) is 13.2 Å². The van der Waals surface area contributed by atoms with E-state index < -0.39 is 72.1 Å². The summed E-state index contributed by atoms with van der Waals surface area (Å²) in [5.41, 5.74) is -0.965. The summed E-state index contributed by atoms with van der Waals surface area (Å²) in [6, 6.07) is -4.82. The first-order valence-electron chi connectivity index (χ1n) is 16.4. The number of urea groups is 1. The highest BCUT2D eigenvalue weighted by atomic mass is 19.4. The van der Waals surface area contributed by atoms with E-state index in [0.29, 0.717) is 19.3 Å². The third-order valence-electron chi connectivity index (χ3n) is 9.48. The van der Waals surface area contributed by atoms with Crippen LogP contribution in [-0.2, 0) is 23.9 Å². The summed E-state index contributed by atoms with van der Waals surface area (Å²) in [6.07, 6.45) is -2.12. The molecule has 47 heavy (non-hydrogen) atoms. The SMILES string of the molecule is C=CCNC(=O)C(=O)C(CCC(F)(F)F)NC(=O)[C@@H]1[C@@H](C(C)C)CCN1C(=O)[C@@H](NC(=O)N[C@H](COC)C(C)(C)C)C1(C)CCCC1. The van der Waals surface area contributed by atoms with Crippen LogP contribution in [0.5, 0.6) is 0 Å². The fourth-order valence-electron chi connectivity index (χ4n) is 6.52. The molecule has 4 N–H and O–H groups in total. The van der Waals surface area contributed by atoms with Crippen LogP contribution in [-0.4, -0.2) is 91.6 Å². The van der Waals surface area contributed by atoms with Gasteiger partial charge in [-0.25, -0.2) is 4.79 Å². The number of likely N-dealkylation sites (tertiary alicyclic amines) is 1. The summed E-state index contributed by atoms with van der Waals surface area (Å²) in [4.78, 5) is 68.5. The number of hydrogen-bond acceptors (Lipinski definition) is 6.